The lowest BCUT2D eigenvalue weighted by Crippen LogP contribution is -2.46. The van der Waals surface area contributed by atoms with Crippen LogP contribution < -0.4 is 0 Å². The van der Waals surface area contributed by atoms with Gasteiger partial charge in [0.05, 0.1) is 20.1 Å². The quantitative estimate of drug-likeness (QED) is 0.532. The summed E-state index contributed by atoms with van der Waals surface area (Å²) < 4.78 is 20.0. The molecule has 0 radical (unpaired) electrons. The van der Waals surface area contributed by atoms with Gasteiger partial charge in [-0.2, -0.15) is 0 Å². The van der Waals surface area contributed by atoms with Crippen LogP contribution >= 0.6 is 7.60 Å². The van der Waals surface area contributed by atoms with Crippen LogP contribution in [0.2, 0.25) is 0 Å². The summed E-state index contributed by atoms with van der Waals surface area (Å²) in [6, 6.07) is 0. The maximum atomic E-state index is 11.4. The molecule has 0 bridgehead atoms. The molecule has 0 rings (SSSR count). The van der Waals surface area contributed by atoms with Crippen LogP contribution in [-0.4, -0.2) is 41.1 Å². The van der Waals surface area contributed by atoms with Gasteiger partial charge in [-0.15, -0.1) is 0 Å². The van der Waals surface area contributed by atoms with E-state index in [0.29, 0.717) is 0 Å². The minimum Gasteiger partial charge on any atom is -0.469 e. The Morgan fingerprint density at radius 3 is 1.94 bits per heavy atom. The van der Waals surface area contributed by atoms with Gasteiger partial charge in [0, 0.05) is 0 Å². The monoisotopic (exact) mass is 254 g/mol. The molecule has 2 unspecified atom stereocenters. The van der Waals surface area contributed by atoms with Gasteiger partial charge in [-0.1, -0.05) is 6.92 Å². The minimum absolute atomic E-state index is 0.892. The molecule has 8 heteroatoms. The molecule has 2 N–H and O–H groups in total. The van der Waals surface area contributed by atoms with E-state index in [1.165, 1.54) is 6.92 Å². The summed E-state index contributed by atoms with van der Waals surface area (Å²) in [6.45, 7) is 2.17. The minimum atomic E-state index is -4.86. The molecule has 16 heavy (non-hydrogen) atoms. The van der Waals surface area contributed by atoms with E-state index in [0.717, 1.165) is 21.1 Å². The SMILES string of the molecule is COC(=O)C(C)C(C)(C(=O)OC)P(=O)(O)O. The highest BCUT2D eigenvalue weighted by molar-refractivity contribution is 7.54. The maximum absolute atomic E-state index is 11.4. The molecular weight excluding hydrogens is 239 g/mol. The molecule has 0 amide bonds. The van der Waals surface area contributed by atoms with Crippen LogP contribution in [0.15, 0.2) is 0 Å². The van der Waals surface area contributed by atoms with Crippen molar-refractivity contribution in [3.63, 3.8) is 0 Å². The number of methoxy groups -OCH3 is 2. The van der Waals surface area contributed by atoms with Gasteiger partial charge in [0.1, 0.15) is 0 Å². The van der Waals surface area contributed by atoms with Gasteiger partial charge in [-0.05, 0) is 6.92 Å². The number of esters is 2. The van der Waals surface area contributed by atoms with E-state index in [-0.39, 0.29) is 0 Å². The second-order valence-electron chi connectivity index (χ2n) is 3.43. The first kappa shape index (κ1) is 15.1. The predicted octanol–water partition coefficient (Wildman–Crippen LogP) is -0.0951. The Hall–Kier alpha value is -0.910. The van der Waals surface area contributed by atoms with Gasteiger partial charge in [-0.3, -0.25) is 14.2 Å². The molecule has 0 aliphatic rings. The zero-order chi connectivity index (χ0) is 13.1. The molecule has 2 atom stereocenters. The van der Waals surface area contributed by atoms with Crippen molar-refractivity contribution in [3.8, 4) is 0 Å². The van der Waals surface area contributed by atoms with Crippen LogP contribution in [0, 0.1) is 5.92 Å². The molecule has 0 heterocycles. The van der Waals surface area contributed by atoms with Crippen molar-refractivity contribution < 1.29 is 33.4 Å². The van der Waals surface area contributed by atoms with Crippen LogP contribution in [-0.2, 0) is 23.6 Å². The van der Waals surface area contributed by atoms with E-state index >= 15 is 0 Å². The van der Waals surface area contributed by atoms with Crippen molar-refractivity contribution in [2.45, 2.75) is 19.0 Å². The summed E-state index contributed by atoms with van der Waals surface area (Å²) in [7, 11) is -2.81. The van der Waals surface area contributed by atoms with Crippen molar-refractivity contribution in [2.75, 3.05) is 14.2 Å². The van der Waals surface area contributed by atoms with Gasteiger partial charge >= 0.3 is 19.5 Å². The summed E-state index contributed by atoms with van der Waals surface area (Å²) in [5.41, 5.74) is 0. The number of hydrogen-bond acceptors (Lipinski definition) is 5. The number of hydrogen-bond donors (Lipinski definition) is 2. The van der Waals surface area contributed by atoms with Crippen LogP contribution in [0.3, 0.4) is 0 Å². The topological polar surface area (TPSA) is 110 Å². The summed E-state index contributed by atoms with van der Waals surface area (Å²) in [5.74, 6) is -3.36. The van der Waals surface area contributed by atoms with E-state index in [2.05, 4.69) is 9.47 Å². The lowest BCUT2D eigenvalue weighted by molar-refractivity contribution is -0.155. The molecule has 0 aromatic rings. The molecule has 0 saturated heterocycles. The summed E-state index contributed by atoms with van der Waals surface area (Å²) >= 11 is 0. The molecule has 94 valence electrons. The maximum Gasteiger partial charge on any atom is 0.343 e. The Kier molecular flexibility index (Phi) is 4.67. The first-order valence-corrected chi connectivity index (χ1v) is 5.96. The smallest absolute Gasteiger partial charge is 0.343 e. The summed E-state index contributed by atoms with van der Waals surface area (Å²) in [4.78, 5) is 41.0. The van der Waals surface area contributed by atoms with Gasteiger partial charge in [0.2, 0.25) is 0 Å². The standard InChI is InChI=1S/C8H15O7P/c1-5(6(9)14-3)8(2,7(10)15-4)16(11,12)13/h5H,1-4H3,(H2,11,12,13). The predicted molar refractivity (Wildman–Crippen MR) is 53.6 cm³/mol. The Balaban J connectivity index is 5.51. The molecule has 0 fully saturated rings. The molecule has 0 spiro atoms. The fourth-order valence-corrected chi connectivity index (χ4v) is 2.10. The van der Waals surface area contributed by atoms with Crippen molar-refractivity contribution in [3.05, 3.63) is 0 Å². The molecule has 0 saturated carbocycles. The zero-order valence-corrected chi connectivity index (χ0v) is 10.4. The van der Waals surface area contributed by atoms with Crippen LogP contribution in [0.4, 0.5) is 0 Å². The lowest BCUT2D eigenvalue weighted by atomic mass is 9.95. The fraction of sp³-hybridized carbons (Fsp3) is 0.750. The average molecular weight is 254 g/mol. The number of carbonyl (C=O) groups is 2. The number of rotatable bonds is 4. The third kappa shape index (κ3) is 2.42. The van der Waals surface area contributed by atoms with E-state index in [4.69, 9.17) is 9.79 Å². The van der Waals surface area contributed by atoms with Crippen molar-refractivity contribution in [1.29, 1.82) is 0 Å². The van der Waals surface area contributed by atoms with Crippen LogP contribution in [0.1, 0.15) is 13.8 Å². The van der Waals surface area contributed by atoms with E-state index in [1.54, 1.807) is 0 Å². The Labute approximate surface area is 92.9 Å². The van der Waals surface area contributed by atoms with Gasteiger partial charge in [-0.25, -0.2) is 0 Å². The molecule has 0 aliphatic heterocycles. The van der Waals surface area contributed by atoms with E-state index < -0.39 is 30.6 Å². The van der Waals surface area contributed by atoms with E-state index in [1.807, 2.05) is 0 Å². The highest BCUT2D eigenvalue weighted by Gasteiger charge is 2.57. The highest BCUT2D eigenvalue weighted by atomic mass is 31.2. The zero-order valence-electron chi connectivity index (χ0n) is 9.46. The van der Waals surface area contributed by atoms with Crippen LogP contribution in [0.25, 0.3) is 0 Å². The van der Waals surface area contributed by atoms with E-state index in [9.17, 15) is 14.2 Å². The molecule has 0 aliphatic carbocycles. The van der Waals surface area contributed by atoms with Crippen molar-refractivity contribution in [1.82, 2.24) is 0 Å². The van der Waals surface area contributed by atoms with Crippen molar-refractivity contribution >= 4 is 19.5 Å². The van der Waals surface area contributed by atoms with Gasteiger partial charge < -0.3 is 19.3 Å². The normalized spacial score (nSPS) is 17.1. The largest absolute Gasteiger partial charge is 0.469 e. The van der Waals surface area contributed by atoms with Crippen molar-refractivity contribution in [2.24, 2.45) is 5.92 Å². The Morgan fingerprint density at radius 1 is 1.25 bits per heavy atom. The molecular formula is C8H15O7P. The summed E-state index contributed by atoms with van der Waals surface area (Å²) in [6.07, 6.45) is 0. The number of carbonyl (C=O) groups excluding carboxylic acids is 2. The molecule has 0 aromatic heterocycles. The first-order chi connectivity index (χ1) is 7.12. The van der Waals surface area contributed by atoms with Gasteiger partial charge in [0.25, 0.3) is 0 Å². The average Bonchev–Trinajstić information content (AvgIpc) is 2.22. The molecule has 7 nitrogen and oxygen atoms in total. The second kappa shape index (κ2) is 4.95. The number of ether oxygens (including phenoxy) is 2. The van der Waals surface area contributed by atoms with Crippen LogP contribution in [0.5, 0.6) is 0 Å². The van der Waals surface area contributed by atoms with Gasteiger partial charge in [0.15, 0.2) is 5.16 Å². The third-order valence-electron chi connectivity index (χ3n) is 2.60. The highest BCUT2D eigenvalue weighted by Crippen LogP contribution is 2.55. The lowest BCUT2D eigenvalue weighted by Gasteiger charge is -2.31. The fourth-order valence-electron chi connectivity index (χ4n) is 1.16. The summed E-state index contributed by atoms with van der Waals surface area (Å²) in [5, 5.41) is -2.24. The third-order valence-corrected chi connectivity index (χ3v) is 4.38. The Morgan fingerprint density at radius 2 is 1.69 bits per heavy atom. The Bertz CT molecular complexity index is 333. The molecule has 0 aromatic carbocycles. The first-order valence-electron chi connectivity index (χ1n) is 4.34. The second-order valence-corrected chi connectivity index (χ2v) is 5.45.